The summed E-state index contributed by atoms with van der Waals surface area (Å²) in [6.07, 6.45) is -4.58. The molecule has 0 saturated carbocycles. The Kier molecular flexibility index (Phi) is 7.21. The van der Waals surface area contributed by atoms with Gasteiger partial charge in [-0.15, -0.1) is 0 Å². The molecular weight excluding hydrogens is 455 g/mol. The van der Waals surface area contributed by atoms with Crippen molar-refractivity contribution in [3.63, 3.8) is 0 Å². The predicted molar refractivity (Wildman–Crippen MR) is 121 cm³/mol. The van der Waals surface area contributed by atoms with Gasteiger partial charge in [0, 0.05) is 26.2 Å². The van der Waals surface area contributed by atoms with E-state index in [4.69, 9.17) is 0 Å². The van der Waals surface area contributed by atoms with Crippen LogP contribution in [-0.2, 0) is 21.0 Å². The molecule has 0 radical (unpaired) electrons. The molecule has 1 atom stereocenters. The van der Waals surface area contributed by atoms with Gasteiger partial charge in [0.05, 0.1) is 22.2 Å². The molecule has 1 unspecified atom stereocenters. The number of aryl methyl sites for hydroxylation is 3. The third-order valence-corrected chi connectivity index (χ3v) is 8.10. The van der Waals surface area contributed by atoms with E-state index in [0.717, 1.165) is 11.6 Å². The summed E-state index contributed by atoms with van der Waals surface area (Å²) in [6, 6.07) is 7.76. The van der Waals surface area contributed by atoms with Crippen LogP contribution in [0.25, 0.3) is 0 Å². The highest BCUT2D eigenvalue weighted by Gasteiger charge is 2.36. The van der Waals surface area contributed by atoms with Crippen molar-refractivity contribution in [2.75, 3.05) is 31.5 Å². The molecular formula is C23H28F3N3O3S. The van der Waals surface area contributed by atoms with Crippen LogP contribution in [0.15, 0.2) is 41.3 Å². The highest BCUT2D eigenvalue weighted by molar-refractivity contribution is 7.89. The van der Waals surface area contributed by atoms with Crippen molar-refractivity contribution in [2.24, 2.45) is 0 Å². The minimum atomic E-state index is -4.58. The summed E-state index contributed by atoms with van der Waals surface area (Å²) in [5.41, 5.74) is 1.15. The number of rotatable bonds is 5. The molecule has 1 amide bonds. The Balaban J connectivity index is 1.68. The third-order valence-electron chi connectivity index (χ3n) is 5.89. The molecule has 2 aromatic rings. The average Bonchev–Trinajstić information content (AvgIpc) is 2.72. The smallest absolute Gasteiger partial charge is 0.324 e. The Morgan fingerprint density at radius 1 is 1.00 bits per heavy atom. The van der Waals surface area contributed by atoms with Gasteiger partial charge in [-0.2, -0.15) is 17.5 Å². The van der Waals surface area contributed by atoms with Gasteiger partial charge >= 0.3 is 6.18 Å². The van der Waals surface area contributed by atoms with E-state index in [-0.39, 0.29) is 18.8 Å². The second-order valence-electron chi connectivity index (χ2n) is 8.38. The van der Waals surface area contributed by atoms with E-state index in [0.29, 0.717) is 29.1 Å². The van der Waals surface area contributed by atoms with Gasteiger partial charge < -0.3 is 5.32 Å². The van der Waals surface area contributed by atoms with Gasteiger partial charge in [0.25, 0.3) is 0 Å². The minimum Gasteiger partial charge on any atom is -0.324 e. The number of alkyl halides is 3. The van der Waals surface area contributed by atoms with Crippen molar-refractivity contribution in [3.05, 3.63) is 58.7 Å². The largest absolute Gasteiger partial charge is 0.418 e. The Morgan fingerprint density at radius 3 is 2.09 bits per heavy atom. The Hall–Kier alpha value is -2.43. The van der Waals surface area contributed by atoms with Gasteiger partial charge in [0.15, 0.2) is 0 Å². The van der Waals surface area contributed by atoms with Crippen LogP contribution in [-0.4, -0.2) is 55.8 Å². The van der Waals surface area contributed by atoms with Crippen molar-refractivity contribution < 1.29 is 26.4 Å². The molecule has 0 aliphatic carbocycles. The van der Waals surface area contributed by atoms with Gasteiger partial charge in [0.1, 0.15) is 0 Å². The lowest BCUT2D eigenvalue weighted by Crippen LogP contribution is -2.54. The maximum atomic E-state index is 13.2. The zero-order valence-electron chi connectivity index (χ0n) is 19.0. The molecule has 0 aromatic heterocycles. The summed E-state index contributed by atoms with van der Waals surface area (Å²) >= 11 is 0. The highest BCUT2D eigenvalue weighted by atomic mass is 32.2. The van der Waals surface area contributed by atoms with E-state index in [1.54, 1.807) is 25.7 Å². The number of anilines is 1. The van der Waals surface area contributed by atoms with Crippen molar-refractivity contribution in [1.82, 2.24) is 9.21 Å². The highest BCUT2D eigenvalue weighted by Crippen LogP contribution is 2.34. The number of nitrogens with one attached hydrogen (secondary N) is 1. The van der Waals surface area contributed by atoms with Crippen molar-refractivity contribution in [2.45, 2.75) is 44.8 Å². The summed E-state index contributed by atoms with van der Waals surface area (Å²) in [5, 5.41) is 2.37. The van der Waals surface area contributed by atoms with Crippen LogP contribution < -0.4 is 5.32 Å². The van der Waals surface area contributed by atoms with Gasteiger partial charge in [-0.05, 0) is 51.0 Å². The SMILES string of the molecule is Cc1cc(C)c(S(=O)(=O)N2CCN(C(C)C(=O)Nc3ccccc3C(F)(F)F)CC2)c(C)c1. The molecule has 10 heteroatoms. The Labute approximate surface area is 192 Å². The summed E-state index contributed by atoms with van der Waals surface area (Å²) < 4.78 is 67.5. The predicted octanol–water partition coefficient (Wildman–Crippen LogP) is 3.96. The molecule has 1 aliphatic rings. The lowest BCUT2D eigenvalue weighted by atomic mass is 10.1. The van der Waals surface area contributed by atoms with Crippen LogP contribution >= 0.6 is 0 Å². The number of sulfonamides is 1. The number of carbonyl (C=O) groups excluding carboxylic acids is 1. The second-order valence-corrected chi connectivity index (χ2v) is 10.3. The monoisotopic (exact) mass is 483 g/mol. The van der Waals surface area contributed by atoms with Gasteiger partial charge in [-0.25, -0.2) is 8.42 Å². The fraction of sp³-hybridized carbons (Fsp3) is 0.435. The number of halogens is 3. The number of hydrogen-bond donors (Lipinski definition) is 1. The van der Waals surface area contributed by atoms with E-state index in [1.807, 2.05) is 19.1 Å². The summed E-state index contributed by atoms with van der Waals surface area (Å²) in [4.78, 5) is 14.7. The molecule has 1 aliphatic heterocycles. The summed E-state index contributed by atoms with van der Waals surface area (Å²) in [7, 11) is -3.70. The normalized spacial score (nSPS) is 17.1. The van der Waals surface area contributed by atoms with Gasteiger partial charge in [-0.3, -0.25) is 9.69 Å². The fourth-order valence-corrected chi connectivity index (χ4v) is 6.11. The number of benzene rings is 2. The molecule has 180 valence electrons. The van der Waals surface area contributed by atoms with E-state index < -0.39 is 33.7 Å². The van der Waals surface area contributed by atoms with E-state index in [1.165, 1.54) is 22.5 Å². The number of piperazine rings is 1. The van der Waals surface area contributed by atoms with Crippen molar-refractivity contribution >= 4 is 21.6 Å². The molecule has 2 aromatic carbocycles. The third kappa shape index (κ3) is 5.39. The first-order valence-corrected chi connectivity index (χ1v) is 12.1. The summed E-state index contributed by atoms with van der Waals surface area (Å²) in [6.45, 7) is 8.01. The topological polar surface area (TPSA) is 69.7 Å². The zero-order valence-corrected chi connectivity index (χ0v) is 19.8. The fourth-order valence-electron chi connectivity index (χ4n) is 4.28. The molecule has 6 nitrogen and oxygen atoms in total. The Bertz CT molecular complexity index is 1120. The van der Waals surface area contributed by atoms with Crippen LogP contribution in [0.1, 0.15) is 29.2 Å². The first-order chi connectivity index (χ1) is 15.3. The quantitative estimate of drug-likeness (QED) is 0.699. The number of amides is 1. The Morgan fingerprint density at radius 2 is 1.55 bits per heavy atom. The molecule has 1 N–H and O–H groups in total. The summed E-state index contributed by atoms with van der Waals surface area (Å²) in [5.74, 6) is -0.576. The number of nitrogens with zero attached hydrogens (tertiary/aromatic N) is 2. The van der Waals surface area contributed by atoms with Crippen LogP contribution in [0.5, 0.6) is 0 Å². The zero-order chi connectivity index (χ0) is 24.6. The molecule has 1 heterocycles. The first-order valence-electron chi connectivity index (χ1n) is 10.6. The number of carbonyl (C=O) groups is 1. The first kappa shape index (κ1) is 25.2. The average molecular weight is 484 g/mol. The number of hydrogen-bond acceptors (Lipinski definition) is 4. The van der Waals surface area contributed by atoms with Crippen LogP contribution in [0.3, 0.4) is 0 Å². The van der Waals surface area contributed by atoms with Gasteiger partial charge in [-0.1, -0.05) is 29.8 Å². The van der Waals surface area contributed by atoms with Crippen LogP contribution in [0.2, 0.25) is 0 Å². The van der Waals surface area contributed by atoms with E-state index in [9.17, 15) is 26.4 Å². The van der Waals surface area contributed by atoms with E-state index >= 15 is 0 Å². The minimum absolute atomic E-state index is 0.186. The second kappa shape index (κ2) is 9.44. The molecule has 0 spiro atoms. The standard InChI is InChI=1S/C23H28F3N3O3S/c1-15-13-16(2)21(17(3)14-15)33(31,32)29-11-9-28(10-12-29)18(4)22(30)27-20-8-6-5-7-19(20)23(24,25)26/h5-8,13-14,18H,9-12H2,1-4H3,(H,27,30). The van der Waals surface area contributed by atoms with Crippen LogP contribution in [0, 0.1) is 20.8 Å². The van der Waals surface area contributed by atoms with Crippen molar-refractivity contribution in [1.29, 1.82) is 0 Å². The molecule has 1 saturated heterocycles. The molecule has 1 fully saturated rings. The maximum absolute atomic E-state index is 13.2. The van der Waals surface area contributed by atoms with Crippen LogP contribution in [0.4, 0.5) is 18.9 Å². The lowest BCUT2D eigenvalue weighted by Gasteiger charge is -2.37. The lowest BCUT2D eigenvalue weighted by molar-refractivity contribution is -0.137. The van der Waals surface area contributed by atoms with E-state index in [2.05, 4.69) is 5.32 Å². The van der Waals surface area contributed by atoms with Crippen molar-refractivity contribution in [3.8, 4) is 0 Å². The molecule has 0 bridgehead atoms. The maximum Gasteiger partial charge on any atom is 0.418 e. The molecule has 33 heavy (non-hydrogen) atoms. The molecule has 3 rings (SSSR count). The van der Waals surface area contributed by atoms with Gasteiger partial charge in [0.2, 0.25) is 15.9 Å². The number of para-hydroxylation sites is 1.